The molecule has 33 nitrogen and oxygen atoms in total. The molecule has 0 aromatic rings. The van der Waals surface area contributed by atoms with E-state index in [-0.39, 0.29) is 0 Å². The van der Waals surface area contributed by atoms with E-state index in [4.69, 9.17) is 52.1 Å². The van der Waals surface area contributed by atoms with Gasteiger partial charge in [0.25, 0.3) is 0 Å². The summed E-state index contributed by atoms with van der Waals surface area (Å²) in [7, 11) is 0. The van der Waals surface area contributed by atoms with Crippen molar-refractivity contribution in [3.63, 3.8) is 0 Å². The van der Waals surface area contributed by atoms with E-state index in [0.717, 1.165) is 13.8 Å². The average Bonchev–Trinajstić information content (AvgIpc) is 3.35. The van der Waals surface area contributed by atoms with Crippen LogP contribution in [-0.2, 0) is 61.7 Å². The van der Waals surface area contributed by atoms with Crippen LogP contribution in [0.3, 0.4) is 0 Å². The van der Waals surface area contributed by atoms with Crippen molar-refractivity contribution in [2.24, 2.45) is 0 Å². The highest BCUT2D eigenvalue weighted by molar-refractivity contribution is 5.73. The molecule has 2 amide bonds. The third-order valence-electron chi connectivity index (χ3n) is 13.2. The highest BCUT2D eigenvalue weighted by Gasteiger charge is 2.57. The van der Waals surface area contributed by atoms with Gasteiger partial charge in [0.15, 0.2) is 37.7 Å². The van der Waals surface area contributed by atoms with Crippen molar-refractivity contribution in [2.75, 3.05) is 39.6 Å². The minimum Gasteiger partial charge on any atom is -0.394 e. The SMILES string of the molecule is CC(=O)N[C@@H]1[C@@H](O)[C@H](O[C@@H]2O[C@H](CO[C@H]3O[C@H](CO)[C@@H](O)[C@H](O)[C@@H]3O[C@@H]3O[C@H](CO)[C@@H](O[C@@H]4O[C@H](CO)[C@H](O)[C@H](O)[C@H]4O)[C@H](O)[C@H]3NC(C)=O)[C@@H](O)[C@H](O[C@H]3O[C@H](CO)[C@@H](O)[C@H](O)[C@@H]3O)[C@@H]2O)[C@@H](CO)O[C@H]1O. The number of hydrogen-bond donors (Lipinski definition) is 20. The van der Waals surface area contributed by atoms with Crippen molar-refractivity contribution in [1.29, 1.82) is 0 Å². The Morgan fingerprint density at radius 1 is 0.356 bits per heavy atom. The second-order valence-electron chi connectivity index (χ2n) is 18.3. The first-order valence-electron chi connectivity index (χ1n) is 23.1. The van der Waals surface area contributed by atoms with Gasteiger partial charge in [-0.3, -0.25) is 9.59 Å². The maximum Gasteiger partial charge on any atom is 0.217 e. The van der Waals surface area contributed by atoms with Gasteiger partial charge < -0.3 is 155 Å². The Morgan fingerprint density at radius 3 is 1.21 bits per heavy atom. The van der Waals surface area contributed by atoms with Gasteiger partial charge in [-0.05, 0) is 0 Å². The molecule has 33 heteroatoms. The molecule has 30 atom stereocenters. The van der Waals surface area contributed by atoms with E-state index in [0.29, 0.717) is 0 Å². The van der Waals surface area contributed by atoms with E-state index in [2.05, 4.69) is 10.6 Å². The van der Waals surface area contributed by atoms with Crippen LogP contribution < -0.4 is 10.6 Å². The van der Waals surface area contributed by atoms with Gasteiger partial charge in [0.1, 0.15) is 146 Å². The van der Waals surface area contributed by atoms with Crippen LogP contribution in [0.25, 0.3) is 0 Å². The Hall–Kier alpha value is -2.22. The molecular weight excluding hydrogens is 1000 g/mol. The summed E-state index contributed by atoms with van der Waals surface area (Å²) in [4.78, 5) is 24.5. The van der Waals surface area contributed by atoms with E-state index in [1.54, 1.807) is 0 Å². The number of amides is 2. The van der Waals surface area contributed by atoms with Crippen LogP contribution in [0.4, 0.5) is 0 Å². The fourth-order valence-electron chi connectivity index (χ4n) is 9.20. The molecule has 6 rings (SSSR count). The smallest absolute Gasteiger partial charge is 0.217 e. The van der Waals surface area contributed by atoms with Crippen LogP contribution in [0, 0.1) is 0 Å². The summed E-state index contributed by atoms with van der Waals surface area (Å²) in [6.07, 6.45) is -53.6. The molecule has 0 unspecified atom stereocenters. The third-order valence-corrected chi connectivity index (χ3v) is 13.2. The summed E-state index contributed by atoms with van der Waals surface area (Å²) in [6.45, 7) is -3.67. The van der Waals surface area contributed by atoms with E-state index >= 15 is 0 Å². The Kier molecular flexibility index (Phi) is 21.3. The standard InChI is InChI=1S/C40H68N2O31/c1-9(48)41-17-23(54)31(14(6-46)64-35(17)62)71-39-30(61)33(72-38-29(60)26(57)20(51)12(4-44)66-38)22(53)16(69-39)8-63-40-34(27(58)21(52)13(5-45)67-40)73-36-18(42-10(2)49)24(55)32(15(7-47)68-36)70-37-28(59)25(56)19(50)11(3-43)65-37/h11-40,43-47,50-62H,3-8H2,1-2H3,(H,41,48)(H,42,49)/t11-,12-,13-,14-,15-,16-,17-,18-,19+,20-,21-,22-,23-,24-,25+,26+,27+,28-,29+,30+,31-,32-,33+,34+,35-,36+,37+,38-,39+,40+/m1/s1. The highest BCUT2D eigenvalue weighted by Crippen LogP contribution is 2.36. The molecule has 0 bridgehead atoms. The van der Waals surface area contributed by atoms with Crippen LogP contribution in [0.5, 0.6) is 0 Å². The molecule has 6 saturated heterocycles. The van der Waals surface area contributed by atoms with Crippen molar-refractivity contribution in [2.45, 2.75) is 198 Å². The average molecular weight is 1070 g/mol. The second-order valence-corrected chi connectivity index (χ2v) is 18.3. The largest absolute Gasteiger partial charge is 0.394 e. The molecule has 0 aromatic heterocycles. The Balaban J connectivity index is 1.27. The number of hydrogen-bond acceptors (Lipinski definition) is 31. The Bertz CT molecular complexity index is 1750. The lowest BCUT2D eigenvalue weighted by molar-refractivity contribution is -0.386. The van der Waals surface area contributed by atoms with Crippen LogP contribution in [0.1, 0.15) is 13.8 Å². The molecule has 424 valence electrons. The normalized spacial score (nSPS) is 49.8. The number of aliphatic hydroxyl groups is 18. The number of carbonyl (C=O) groups excluding carboxylic acids is 2. The zero-order valence-electron chi connectivity index (χ0n) is 38.9. The van der Waals surface area contributed by atoms with Crippen molar-refractivity contribution in [1.82, 2.24) is 10.6 Å². The summed E-state index contributed by atoms with van der Waals surface area (Å²) in [6, 6.07) is -3.36. The summed E-state index contributed by atoms with van der Waals surface area (Å²) in [5.74, 6) is -1.59. The molecule has 6 aliphatic heterocycles. The predicted molar refractivity (Wildman–Crippen MR) is 222 cm³/mol. The van der Waals surface area contributed by atoms with E-state index in [1.165, 1.54) is 0 Å². The molecule has 0 saturated carbocycles. The molecule has 6 fully saturated rings. The quantitative estimate of drug-likeness (QED) is 0.0606. The molecule has 6 aliphatic rings. The lowest BCUT2D eigenvalue weighted by atomic mass is 9.94. The van der Waals surface area contributed by atoms with Crippen molar-refractivity contribution in [3.8, 4) is 0 Å². The lowest BCUT2D eigenvalue weighted by Gasteiger charge is -2.50. The Morgan fingerprint density at radius 2 is 0.726 bits per heavy atom. The van der Waals surface area contributed by atoms with Crippen molar-refractivity contribution in [3.05, 3.63) is 0 Å². The van der Waals surface area contributed by atoms with E-state index in [1.807, 2.05) is 0 Å². The number of nitrogens with one attached hydrogen (secondary N) is 2. The molecule has 73 heavy (non-hydrogen) atoms. The van der Waals surface area contributed by atoms with Crippen LogP contribution in [-0.4, -0.2) is 327 Å². The van der Waals surface area contributed by atoms with Gasteiger partial charge in [0, 0.05) is 13.8 Å². The maximum absolute atomic E-state index is 12.5. The summed E-state index contributed by atoms with van der Waals surface area (Å²) >= 11 is 0. The van der Waals surface area contributed by atoms with Crippen LogP contribution >= 0.6 is 0 Å². The number of ether oxygens (including phenoxy) is 11. The first-order chi connectivity index (χ1) is 34.5. The zero-order valence-corrected chi connectivity index (χ0v) is 38.9. The van der Waals surface area contributed by atoms with Gasteiger partial charge in [-0.2, -0.15) is 0 Å². The molecule has 0 spiro atoms. The van der Waals surface area contributed by atoms with Gasteiger partial charge in [0.05, 0.1) is 39.6 Å². The van der Waals surface area contributed by atoms with Crippen molar-refractivity contribution < 1.29 is 154 Å². The summed E-state index contributed by atoms with van der Waals surface area (Å²) < 4.78 is 62.9. The fraction of sp³-hybridized carbons (Fsp3) is 0.950. The van der Waals surface area contributed by atoms with Crippen LogP contribution in [0.2, 0.25) is 0 Å². The minimum atomic E-state index is -2.22. The first-order valence-corrected chi connectivity index (χ1v) is 23.1. The molecule has 0 radical (unpaired) electrons. The van der Waals surface area contributed by atoms with Gasteiger partial charge in [-0.1, -0.05) is 0 Å². The van der Waals surface area contributed by atoms with E-state index in [9.17, 15) is 102 Å². The molecular formula is C40H68N2O31. The lowest BCUT2D eigenvalue weighted by Crippen LogP contribution is -2.69. The predicted octanol–water partition coefficient (Wildman–Crippen LogP) is -13.8. The summed E-state index contributed by atoms with van der Waals surface area (Å²) in [5.41, 5.74) is 0. The first kappa shape index (κ1) is 60.0. The summed E-state index contributed by atoms with van der Waals surface area (Å²) in [5, 5.41) is 197. The maximum atomic E-state index is 12.5. The zero-order chi connectivity index (χ0) is 53.9. The second kappa shape index (κ2) is 26.0. The third kappa shape index (κ3) is 13.0. The van der Waals surface area contributed by atoms with Gasteiger partial charge in [0.2, 0.25) is 11.8 Å². The molecule has 6 heterocycles. The number of carbonyl (C=O) groups is 2. The van der Waals surface area contributed by atoms with Gasteiger partial charge >= 0.3 is 0 Å². The topological polar surface area (TPSA) is 524 Å². The van der Waals surface area contributed by atoms with Gasteiger partial charge in [-0.25, -0.2) is 0 Å². The highest BCUT2D eigenvalue weighted by atomic mass is 16.8. The Labute approximate surface area is 413 Å². The molecule has 0 aliphatic carbocycles. The molecule has 20 N–H and O–H groups in total. The van der Waals surface area contributed by atoms with Gasteiger partial charge in [-0.15, -0.1) is 0 Å². The number of rotatable bonds is 18. The fourth-order valence-corrected chi connectivity index (χ4v) is 9.20. The van der Waals surface area contributed by atoms with Crippen molar-refractivity contribution >= 4 is 11.8 Å². The van der Waals surface area contributed by atoms with Crippen LogP contribution in [0.15, 0.2) is 0 Å². The number of aliphatic hydroxyl groups excluding tert-OH is 18. The monoisotopic (exact) mass is 1070 g/mol. The minimum absolute atomic E-state index is 0.751. The molecule has 0 aromatic carbocycles. The van der Waals surface area contributed by atoms with E-state index < -0.39 is 236 Å².